The molecule has 0 radical (unpaired) electrons. The van der Waals surface area contributed by atoms with Crippen molar-refractivity contribution in [2.24, 2.45) is 0 Å². The molecule has 0 atom stereocenters. The zero-order chi connectivity index (χ0) is 9.42. The van der Waals surface area contributed by atoms with Gasteiger partial charge in [-0.1, -0.05) is 6.07 Å². The Kier molecular flexibility index (Phi) is 1.84. The lowest BCUT2D eigenvalue weighted by atomic mass is 10.2. The first-order valence-corrected chi connectivity index (χ1v) is 4.40. The van der Waals surface area contributed by atoms with Crippen LogP contribution in [0.5, 0.6) is 0 Å². The number of carboxylic acid groups (broad SMARTS) is 1. The maximum atomic E-state index is 10.7. The standard InChI is InChI=1S/C9H6BrNO2/c10-11-4-3-6-1-2-7(9(12)13)5-8(6)11/h1-5H,(H,12,13). The Hall–Kier alpha value is -1.29. The molecule has 0 aliphatic rings. The fourth-order valence-corrected chi connectivity index (χ4v) is 1.65. The van der Waals surface area contributed by atoms with E-state index in [1.54, 1.807) is 21.8 Å². The van der Waals surface area contributed by atoms with Crippen LogP contribution in [0.1, 0.15) is 10.4 Å². The Morgan fingerprint density at radius 1 is 1.38 bits per heavy atom. The summed E-state index contributed by atoms with van der Waals surface area (Å²) in [6, 6.07) is 6.93. The summed E-state index contributed by atoms with van der Waals surface area (Å²) in [5, 5.41) is 9.76. The highest BCUT2D eigenvalue weighted by Gasteiger charge is 2.05. The monoisotopic (exact) mass is 239 g/mol. The van der Waals surface area contributed by atoms with E-state index >= 15 is 0 Å². The van der Waals surface area contributed by atoms with Crippen LogP contribution in [0.3, 0.4) is 0 Å². The summed E-state index contributed by atoms with van der Waals surface area (Å²) in [5.41, 5.74) is 1.16. The number of hydrogen-bond donors (Lipinski definition) is 1. The molecule has 13 heavy (non-hydrogen) atoms. The molecule has 0 spiro atoms. The summed E-state index contributed by atoms with van der Waals surface area (Å²) in [7, 11) is 0. The summed E-state index contributed by atoms with van der Waals surface area (Å²) in [4.78, 5) is 10.7. The van der Waals surface area contributed by atoms with Crippen LogP contribution in [0.4, 0.5) is 0 Å². The van der Waals surface area contributed by atoms with Crippen molar-refractivity contribution < 1.29 is 9.90 Å². The number of carboxylic acids is 1. The molecule has 0 saturated carbocycles. The van der Waals surface area contributed by atoms with E-state index in [0.29, 0.717) is 5.56 Å². The SMILES string of the molecule is O=C(O)c1ccc2ccn(Br)c2c1. The predicted molar refractivity (Wildman–Crippen MR) is 53.2 cm³/mol. The van der Waals surface area contributed by atoms with Gasteiger partial charge in [0.15, 0.2) is 0 Å². The first-order chi connectivity index (χ1) is 6.18. The van der Waals surface area contributed by atoms with Crippen LogP contribution in [0.15, 0.2) is 30.5 Å². The number of fused-ring (bicyclic) bond motifs is 1. The average molecular weight is 240 g/mol. The molecule has 2 rings (SSSR count). The molecule has 0 amide bonds. The number of rotatable bonds is 1. The molecule has 1 aromatic heterocycles. The highest BCUT2D eigenvalue weighted by atomic mass is 79.9. The molecule has 66 valence electrons. The smallest absolute Gasteiger partial charge is 0.335 e. The van der Waals surface area contributed by atoms with Crippen molar-refractivity contribution in [1.29, 1.82) is 0 Å². The van der Waals surface area contributed by atoms with Crippen LogP contribution in [0.25, 0.3) is 10.9 Å². The van der Waals surface area contributed by atoms with Crippen LogP contribution >= 0.6 is 16.1 Å². The van der Waals surface area contributed by atoms with E-state index in [2.05, 4.69) is 16.1 Å². The number of carbonyl (C=O) groups is 1. The zero-order valence-corrected chi connectivity index (χ0v) is 8.15. The quantitative estimate of drug-likeness (QED) is 0.831. The van der Waals surface area contributed by atoms with E-state index in [9.17, 15) is 4.79 Å². The minimum absolute atomic E-state index is 0.298. The Labute approximate surface area is 82.9 Å². The molecule has 1 N–H and O–H groups in total. The Bertz CT molecular complexity index is 475. The van der Waals surface area contributed by atoms with Crippen molar-refractivity contribution in [3.05, 3.63) is 36.0 Å². The van der Waals surface area contributed by atoms with E-state index < -0.39 is 5.97 Å². The van der Waals surface area contributed by atoms with Gasteiger partial charge < -0.3 is 5.11 Å². The van der Waals surface area contributed by atoms with Gasteiger partial charge in [-0.25, -0.2) is 4.79 Å². The third-order valence-electron chi connectivity index (χ3n) is 1.89. The van der Waals surface area contributed by atoms with Crippen LogP contribution in [0, 0.1) is 0 Å². The first kappa shape index (κ1) is 8.31. The largest absolute Gasteiger partial charge is 0.478 e. The van der Waals surface area contributed by atoms with Crippen molar-refractivity contribution in [1.82, 2.24) is 3.59 Å². The molecule has 0 bridgehead atoms. The second kappa shape index (κ2) is 2.88. The zero-order valence-electron chi connectivity index (χ0n) is 6.57. The Morgan fingerprint density at radius 2 is 2.15 bits per heavy atom. The minimum Gasteiger partial charge on any atom is -0.478 e. The third-order valence-corrected chi connectivity index (χ3v) is 2.51. The van der Waals surface area contributed by atoms with Crippen molar-refractivity contribution >= 4 is 33.0 Å². The van der Waals surface area contributed by atoms with Crippen LogP contribution in [0.2, 0.25) is 0 Å². The van der Waals surface area contributed by atoms with Crippen LogP contribution < -0.4 is 0 Å². The fraction of sp³-hybridized carbons (Fsp3) is 0. The van der Waals surface area contributed by atoms with Gasteiger partial charge in [0.05, 0.1) is 27.2 Å². The number of benzene rings is 1. The molecular weight excluding hydrogens is 234 g/mol. The Morgan fingerprint density at radius 3 is 2.85 bits per heavy atom. The highest BCUT2D eigenvalue weighted by Crippen LogP contribution is 2.19. The normalized spacial score (nSPS) is 10.5. The number of aromatic carboxylic acids is 1. The van der Waals surface area contributed by atoms with Gasteiger partial charge in [0.25, 0.3) is 0 Å². The molecule has 0 unspecified atom stereocenters. The van der Waals surface area contributed by atoms with Gasteiger partial charge in [-0.15, -0.1) is 0 Å². The summed E-state index contributed by atoms with van der Waals surface area (Å²) >= 11 is 3.27. The van der Waals surface area contributed by atoms with E-state index in [-0.39, 0.29) is 0 Å². The Balaban J connectivity index is 2.72. The molecule has 0 fully saturated rings. The maximum absolute atomic E-state index is 10.7. The van der Waals surface area contributed by atoms with Crippen LogP contribution in [-0.2, 0) is 0 Å². The van der Waals surface area contributed by atoms with Gasteiger partial charge in [0, 0.05) is 11.6 Å². The second-order valence-electron chi connectivity index (χ2n) is 2.71. The van der Waals surface area contributed by atoms with Crippen LogP contribution in [-0.4, -0.2) is 14.7 Å². The topological polar surface area (TPSA) is 42.2 Å². The van der Waals surface area contributed by atoms with E-state index in [0.717, 1.165) is 10.9 Å². The van der Waals surface area contributed by atoms with Crippen molar-refractivity contribution in [3.8, 4) is 0 Å². The summed E-state index contributed by atoms with van der Waals surface area (Å²) in [6.45, 7) is 0. The lowest BCUT2D eigenvalue weighted by Crippen LogP contribution is -1.95. The van der Waals surface area contributed by atoms with Crippen molar-refractivity contribution in [2.75, 3.05) is 0 Å². The van der Waals surface area contributed by atoms with Gasteiger partial charge in [0.2, 0.25) is 0 Å². The fourth-order valence-electron chi connectivity index (χ4n) is 1.23. The predicted octanol–water partition coefficient (Wildman–Crippen LogP) is 2.50. The van der Waals surface area contributed by atoms with Crippen molar-refractivity contribution in [2.45, 2.75) is 0 Å². The molecule has 0 aliphatic carbocycles. The molecule has 0 saturated heterocycles. The second-order valence-corrected chi connectivity index (χ2v) is 3.47. The summed E-state index contributed by atoms with van der Waals surface area (Å²) < 4.78 is 1.72. The molecular formula is C9H6BrNO2. The van der Waals surface area contributed by atoms with Gasteiger partial charge in [-0.2, -0.15) is 0 Å². The number of aromatic nitrogens is 1. The summed E-state index contributed by atoms with van der Waals surface area (Å²) in [6.07, 6.45) is 1.83. The number of hydrogen-bond acceptors (Lipinski definition) is 1. The van der Waals surface area contributed by atoms with Gasteiger partial charge >= 0.3 is 5.97 Å². The minimum atomic E-state index is -0.907. The van der Waals surface area contributed by atoms with E-state index in [1.807, 2.05) is 12.3 Å². The first-order valence-electron chi connectivity index (χ1n) is 3.69. The third kappa shape index (κ3) is 1.33. The lowest BCUT2D eigenvalue weighted by molar-refractivity contribution is 0.0697. The maximum Gasteiger partial charge on any atom is 0.335 e. The lowest BCUT2D eigenvalue weighted by Gasteiger charge is -1.96. The number of nitrogens with zero attached hydrogens (tertiary/aromatic N) is 1. The van der Waals surface area contributed by atoms with Gasteiger partial charge in [-0.3, -0.25) is 3.59 Å². The molecule has 2 aromatic rings. The molecule has 0 aliphatic heterocycles. The molecule has 1 heterocycles. The van der Waals surface area contributed by atoms with E-state index in [4.69, 9.17) is 5.11 Å². The van der Waals surface area contributed by atoms with Crippen molar-refractivity contribution in [3.63, 3.8) is 0 Å². The van der Waals surface area contributed by atoms with Gasteiger partial charge in [-0.05, 0) is 18.2 Å². The molecule has 4 heteroatoms. The molecule has 3 nitrogen and oxygen atoms in total. The average Bonchev–Trinajstić information content (AvgIpc) is 2.47. The number of halogens is 1. The molecule has 1 aromatic carbocycles. The van der Waals surface area contributed by atoms with Gasteiger partial charge in [0.1, 0.15) is 0 Å². The van der Waals surface area contributed by atoms with E-state index in [1.165, 1.54) is 0 Å². The highest BCUT2D eigenvalue weighted by molar-refractivity contribution is 9.08. The summed E-state index contributed by atoms with van der Waals surface area (Å²) in [5.74, 6) is -0.907.